The van der Waals surface area contributed by atoms with E-state index >= 15 is 0 Å². The number of anilines is 5. The lowest BCUT2D eigenvalue weighted by molar-refractivity contribution is -0.136. The molecule has 0 spiro atoms. The van der Waals surface area contributed by atoms with Crippen molar-refractivity contribution in [1.29, 1.82) is 0 Å². The molecule has 8 rings (SSSR count). The van der Waals surface area contributed by atoms with E-state index < -0.39 is 29.7 Å². The Morgan fingerprint density at radius 2 is 1.67 bits per heavy atom. The Morgan fingerprint density at radius 3 is 2.38 bits per heavy atom. The molecule has 4 aromatic rings. The summed E-state index contributed by atoms with van der Waals surface area (Å²) in [7, 11) is 0. The van der Waals surface area contributed by atoms with Gasteiger partial charge in [-0.1, -0.05) is 69.7 Å². The van der Waals surface area contributed by atoms with E-state index in [1.165, 1.54) is 11.3 Å². The smallest absolute Gasteiger partial charge is 0.267 e. The van der Waals surface area contributed by atoms with Crippen molar-refractivity contribution < 1.29 is 24.0 Å². The number of aromatic nitrogens is 3. The molecule has 4 aliphatic rings. The highest BCUT2D eigenvalue weighted by molar-refractivity contribution is 7.17. The van der Waals surface area contributed by atoms with Crippen LogP contribution in [0.4, 0.5) is 28.1 Å². The third-order valence-corrected chi connectivity index (χ3v) is 12.9. The number of halogens is 1. The van der Waals surface area contributed by atoms with Crippen LogP contribution in [0.25, 0.3) is 0 Å². The third kappa shape index (κ3) is 10.9. The highest BCUT2D eigenvalue weighted by Gasteiger charge is 2.45. The van der Waals surface area contributed by atoms with Gasteiger partial charge in [-0.15, -0.1) is 0 Å². The molecule has 2 aromatic carbocycles. The highest BCUT2D eigenvalue weighted by atomic mass is 35.5. The van der Waals surface area contributed by atoms with Gasteiger partial charge in [-0.3, -0.25) is 39.1 Å². The summed E-state index contributed by atoms with van der Waals surface area (Å²) < 4.78 is 0. The standard InChI is InChI=1S/C42H48ClN11O5S.2C2H6/c1-4-27(12-13-44-20-26-22-53(23-26)28-8-9-29-30(18-28)41(59)54(40(29)58)32-10-11-36(55)49-38(32)56)51-14-16-52(17-15-51)35-19-34(46-25(3)47-35)48-42-45-21-33(60-42)39(57)50-37-24(2)6-5-7-31(37)43;2*1-2/h5-9,18-19,21,26-27,32,44H,4,10-17,20,22-23H2,1-3H3,(H,50,57)(H,49,55,56)(H,45,46,47,48);2*1-2H3. The SMILES string of the molecule is CC.CC.CCC(CCNCC1CN(c2ccc3c(c2)C(=O)N(C2CCC(=O)NC2=O)C3=O)C1)N1CCN(c2cc(Nc3ncc(C(=O)Nc4c(C)cccc4Cl)s3)nc(C)n2)CC1. The number of benzene rings is 2. The lowest BCUT2D eigenvalue weighted by atomic mass is 9.97. The molecule has 2 unspecified atom stereocenters. The Bertz CT molecular complexity index is 2310. The largest absolute Gasteiger partial charge is 0.371 e. The number of hydrogen-bond donors (Lipinski definition) is 4. The minimum atomic E-state index is -0.970. The zero-order valence-electron chi connectivity index (χ0n) is 37.8. The van der Waals surface area contributed by atoms with Crippen molar-refractivity contribution in [2.75, 3.05) is 72.8 Å². The van der Waals surface area contributed by atoms with E-state index in [1.807, 2.05) is 65.8 Å². The summed E-state index contributed by atoms with van der Waals surface area (Å²) in [5.74, 6) is 0.328. The summed E-state index contributed by atoms with van der Waals surface area (Å²) in [5, 5.41) is 13.1. The van der Waals surface area contributed by atoms with Crippen LogP contribution in [0.3, 0.4) is 0 Å². The number of piperazine rings is 1. The molecule has 0 saturated carbocycles. The van der Waals surface area contributed by atoms with Crippen molar-refractivity contribution in [2.24, 2.45) is 5.92 Å². The zero-order chi connectivity index (χ0) is 46.1. The normalized spacial score (nSPS) is 18.0. The summed E-state index contributed by atoms with van der Waals surface area (Å²) in [6, 6.07) is 12.2. The van der Waals surface area contributed by atoms with E-state index in [0.717, 1.165) is 87.2 Å². The predicted octanol–water partition coefficient (Wildman–Crippen LogP) is 6.67. The van der Waals surface area contributed by atoms with Crippen LogP contribution in [0.2, 0.25) is 5.02 Å². The molecule has 6 heterocycles. The first-order valence-electron chi connectivity index (χ1n) is 22.4. The van der Waals surface area contributed by atoms with Crippen molar-refractivity contribution >= 4 is 80.6 Å². The van der Waals surface area contributed by atoms with Gasteiger partial charge in [0.05, 0.1) is 28.0 Å². The molecule has 3 saturated heterocycles. The van der Waals surface area contributed by atoms with Crippen LogP contribution in [0.5, 0.6) is 0 Å². The number of aryl methyl sites for hydroxylation is 2. The second-order valence-electron chi connectivity index (χ2n) is 15.7. The molecule has 0 bridgehead atoms. The topological polar surface area (TPSA) is 185 Å². The molecule has 2 atom stereocenters. The number of nitrogens with one attached hydrogen (secondary N) is 4. The number of para-hydroxylation sites is 1. The average Bonchev–Trinajstić information content (AvgIpc) is 3.85. The first-order chi connectivity index (χ1) is 30.9. The number of carbonyl (C=O) groups excluding carboxylic acids is 5. The van der Waals surface area contributed by atoms with Crippen molar-refractivity contribution in [3.05, 3.63) is 81.1 Å². The lowest BCUT2D eigenvalue weighted by Gasteiger charge is -2.42. The number of piperidine rings is 1. The number of thiazole rings is 1. The molecule has 342 valence electrons. The molecule has 4 aliphatic heterocycles. The zero-order valence-corrected chi connectivity index (χ0v) is 39.4. The summed E-state index contributed by atoms with van der Waals surface area (Å²) in [6.07, 6.45) is 3.88. The number of carbonyl (C=O) groups is 5. The van der Waals surface area contributed by atoms with Crippen LogP contribution in [-0.4, -0.2) is 119 Å². The molecule has 16 nitrogen and oxygen atoms in total. The maximum atomic E-state index is 13.3. The fourth-order valence-corrected chi connectivity index (χ4v) is 9.38. The third-order valence-electron chi connectivity index (χ3n) is 11.7. The molecule has 3 fully saturated rings. The van der Waals surface area contributed by atoms with E-state index in [0.29, 0.717) is 55.4 Å². The Labute approximate surface area is 384 Å². The quantitative estimate of drug-likeness (QED) is 0.0778. The van der Waals surface area contributed by atoms with Crippen molar-refractivity contribution in [3.8, 4) is 0 Å². The Kier molecular flexibility index (Phi) is 16.4. The van der Waals surface area contributed by atoms with E-state index in [9.17, 15) is 24.0 Å². The van der Waals surface area contributed by atoms with Gasteiger partial charge in [-0.25, -0.2) is 15.0 Å². The molecule has 64 heavy (non-hydrogen) atoms. The van der Waals surface area contributed by atoms with Gasteiger partial charge < -0.3 is 25.8 Å². The van der Waals surface area contributed by atoms with E-state index in [4.69, 9.17) is 16.6 Å². The fraction of sp³-hybridized carbons (Fsp3) is 0.478. The van der Waals surface area contributed by atoms with Crippen LogP contribution in [0.1, 0.15) is 102 Å². The number of fused-ring (bicyclic) bond motifs is 1. The molecule has 5 amide bonds. The molecule has 2 aromatic heterocycles. The number of imide groups is 2. The molecule has 0 radical (unpaired) electrons. The predicted molar refractivity (Wildman–Crippen MR) is 253 cm³/mol. The summed E-state index contributed by atoms with van der Waals surface area (Å²) >= 11 is 7.54. The molecule has 18 heteroatoms. The van der Waals surface area contributed by atoms with Gasteiger partial charge in [-0.05, 0) is 69.5 Å². The van der Waals surface area contributed by atoms with Crippen LogP contribution >= 0.6 is 22.9 Å². The minimum Gasteiger partial charge on any atom is -0.371 e. The Balaban J connectivity index is 0.00000165. The van der Waals surface area contributed by atoms with Gasteiger partial charge >= 0.3 is 0 Å². The summed E-state index contributed by atoms with van der Waals surface area (Å²) in [4.78, 5) is 85.6. The summed E-state index contributed by atoms with van der Waals surface area (Å²) in [6.45, 7) is 21.1. The molecular weight excluding hydrogens is 854 g/mol. The number of rotatable bonds is 14. The number of nitrogens with zero attached hydrogens (tertiary/aromatic N) is 7. The van der Waals surface area contributed by atoms with Gasteiger partial charge in [0.2, 0.25) is 11.8 Å². The van der Waals surface area contributed by atoms with Crippen molar-refractivity contribution in [3.63, 3.8) is 0 Å². The monoisotopic (exact) mass is 913 g/mol. The lowest BCUT2D eigenvalue weighted by Crippen LogP contribution is -2.54. The first kappa shape index (κ1) is 48.0. The van der Waals surface area contributed by atoms with Gasteiger partial charge in [0.1, 0.15) is 28.4 Å². The van der Waals surface area contributed by atoms with Crippen LogP contribution in [0.15, 0.2) is 48.7 Å². The van der Waals surface area contributed by atoms with E-state index in [2.05, 4.69) is 52.9 Å². The van der Waals surface area contributed by atoms with E-state index in [1.54, 1.807) is 24.4 Å². The van der Waals surface area contributed by atoms with Crippen LogP contribution in [-0.2, 0) is 9.59 Å². The maximum absolute atomic E-state index is 13.3. The number of hydrogen-bond acceptors (Lipinski definition) is 14. The molecule has 4 N–H and O–H groups in total. The first-order valence-corrected chi connectivity index (χ1v) is 23.6. The average molecular weight is 915 g/mol. The molecule has 0 aliphatic carbocycles. The van der Waals surface area contributed by atoms with Crippen molar-refractivity contribution in [1.82, 2.24) is 35.4 Å². The maximum Gasteiger partial charge on any atom is 0.267 e. The second kappa shape index (κ2) is 21.9. The minimum absolute atomic E-state index is 0.0922. The van der Waals surface area contributed by atoms with Gasteiger partial charge in [0.15, 0.2) is 5.13 Å². The van der Waals surface area contributed by atoms with Crippen molar-refractivity contribution in [2.45, 2.75) is 86.2 Å². The Morgan fingerprint density at radius 1 is 0.938 bits per heavy atom. The highest BCUT2D eigenvalue weighted by Crippen LogP contribution is 2.33. The van der Waals surface area contributed by atoms with Gasteiger partial charge in [-0.2, -0.15) is 0 Å². The van der Waals surface area contributed by atoms with Crippen LogP contribution < -0.4 is 31.1 Å². The van der Waals surface area contributed by atoms with E-state index in [-0.39, 0.29) is 18.7 Å². The number of amides is 5. The molecular formula is C46H60ClN11O5S. The Hall–Kier alpha value is -5.49. The van der Waals surface area contributed by atoms with Crippen LogP contribution in [0, 0.1) is 19.8 Å². The fourth-order valence-electron chi connectivity index (χ4n) is 8.39. The van der Waals surface area contributed by atoms with Gasteiger partial charge in [0.25, 0.3) is 17.7 Å². The van der Waals surface area contributed by atoms with Gasteiger partial charge in [0, 0.05) is 75.9 Å². The second-order valence-corrected chi connectivity index (χ2v) is 17.2. The summed E-state index contributed by atoms with van der Waals surface area (Å²) in [5.41, 5.74) is 2.94.